The van der Waals surface area contributed by atoms with E-state index in [4.69, 9.17) is 11.0 Å². The molecular weight excluding hydrogens is 274 g/mol. The van der Waals surface area contributed by atoms with E-state index in [9.17, 15) is 0 Å². The normalized spacial score (nSPS) is 10.4. The molecule has 0 saturated carbocycles. The van der Waals surface area contributed by atoms with E-state index in [1.807, 2.05) is 38.2 Å². The molecule has 3 N–H and O–H groups in total. The van der Waals surface area contributed by atoms with Crippen molar-refractivity contribution in [3.63, 3.8) is 0 Å². The molecule has 0 aliphatic heterocycles. The van der Waals surface area contributed by atoms with Crippen LogP contribution in [0.15, 0.2) is 36.5 Å². The number of aryl methyl sites for hydroxylation is 1. The largest absolute Gasteiger partial charge is 0.383 e. The third kappa shape index (κ3) is 2.31. The van der Waals surface area contributed by atoms with Crippen LogP contribution in [0.2, 0.25) is 0 Å². The molecule has 0 fully saturated rings. The summed E-state index contributed by atoms with van der Waals surface area (Å²) in [5.41, 5.74) is 9.39. The van der Waals surface area contributed by atoms with E-state index >= 15 is 0 Å². The summed E-state index contributed by atoms with van der Waals surface area (Å²) in [6, 6.07) is 11.6. The minimum absolute atomic E-state index is 0.435. The molecule has 1 aromatic carbocycles. The molecule has 0 atom stereocenters. The first-order chi connectivity index (χ1) is 10.6. The maximum absolute atomic E-state index is 9.08. The highest BCUT2D eigenvalue weighted by Crippen LogP contribution is 2.29. The van der Waals surface area contributed by atoms with Crippen LogP contribution in [0.4, 0.5) is 11.6 Å². The fourth-order valence-corrected chi connectivity index (χ4v) is 2.42. The Hall–Kier alpha value is -3.13. The van der Waals surface area contributed by atoms with Crippen molar-refractivity contribution in [1.82, 2.24) is 9.97 Å². The van der Waals surface area contributed by atoms with Gasteiger partial charge in [-0.15, -0.1) is 0 Å². The Morgan fingerprint density at radius 3 is 2.77 bits per heavy atom. The number of anilines is 2. The zero-order chi connectivity index (χ0) is 15.7. The van der Waals surface area contributed by atoms with Gasteiger partial charge in [0.1, 0.15) is 11.6 Å². The van der Waals surface area contributed by atoms with Gasteiger partial charge in [0.2, 0.25) is 0 Å². The lowest BCUT2D eigenvalue weighted by Gasteiger charge is -2.10. The standard InChI is InChI=1S/C17H15N5/c1-10-3-4-11(8-18)5-13(10)15-6-12-7-16(20-2)21-9-14(12)17(19)22-15/h3-7,9H,1-2H3,(H2,19,22)(H,20,21). The molecule has 0 saturated heterocycles. The van der Waals surface area contributed by atoms with Crippen molar-refractivity contribution < 1.29 is 0 Å². The third-order valence-corrected chi connectivity index (χ3v) is 3.64. The van der Waals surface area contributed by atoms with Gasteiger partial charge in [0.15, 0.2) is 0 Å². The lowest BCUT2D eigenvalue weighted by Crippen LogP contribution is -1.98. The maximum Gasteiger partial charge on any atom is 0.133 e. The number of nitrogens with zero attached hydrogens (tertiary/aromatic N) is 3. The molecule has 0 aliphatic rings. The molecule has 3 aromatic rings. The second-order valence-corrected chi connectivity index (χ2v) is 5.07. The van der Waals surface area contributed by atoms with Crippen molar-refractivity contribution >= 4 is 22.4 Å². The fraction of sp³-hybridized carbons (Fsp3) is 0.118. The minimum Gasteiger partial charge on any atom is -0.383 e. The first kappa shape index (κ1) is 13.8. The lowest BCUT2D eigenvalue weighted by molar-refractivity contribution is 1.29. The van der Waals surface area contributed by atoms with E-state index in [1.54, 1.807) is 12.3 Å². The lowest BCUT2D eigenvalue weighted by atomic mass is 10.0. The molecule has 3 rings (SSSR count). The van der Waals surface area contributed by atoms with Crippen LogP contribution in [0.3, 0.4) is 0 Å². The first-order valence-corrected chi connectivity index (χ1v) is 6.87. The van der Waals surface area contributed by atoms with Crippen LogP contribution in [-0.4, -0.2) is 17.0 Å². The van der Waals surface area contributed by atoms with Crippen LogP contribution in [0.1, 0.15) is 11.1 Å². The molecule has 2 heterocycles. The van der Waals surface area contributed by atoms with E-state index in [2.05, 4.69) is 21.4 Å². The zero-order valence-corrected chi connectivity index (χ0v) is 12.4. The number of hydrogen-bond acceptors (Lipinski definition) is 5. The quantitative estimate of drug-likeness (QED) is 0.757. The monoisotopic (exact) mass is 289 g/mol. The van der Waals surface area contributed by atoms with E-state index in [0.29, 0.717) is 11.4 Å². The number of fused-ring (bicyclic) bond motifs is 1. The van der Waals surface area contributed by atoms with E-state index in [-0.39, 0.29) is 0 Å². The van der Waals surface area contributed by atoms with Crippen LogP contribution in [0.5, 0.6) is 0 Å². The number of rotatable bonds is 2. The molecule has 0 bridgehead atoms. The van der Waals surface area contributed by atoms with Gasteiger partial charge in [0, 0.05) is 24.2 Å². The van der Waals surface area contributed by atoms with Crippen molar-refractivity contribution in [2.75, 3.05) is 18.1 Å². The SMILES string of the molecule is CNc1cc2cc(-c3cc(C#N)ccc3C)nc(N)c2cn1. The number of nitrogens with two attached hydrogens (primary N) is 1. The molecule has 0 spiro atoms. The summed E-state index contributed by atoms with van der Waals surface area (Å²) < 4.78 is 0. The van der Waals surface area contributed by atoms with Gasteiger partial charge in [-0.3, -0.25) is 0 Å². The molecular formula is C17H15N5. The Morgan fingerprint density at radius 2 is 2.05 bits per heavy atom. The van der Waals surface area contributed by atoms with Gasteiger partial charge in [0.05, 0.1) is 17.3 Å². The maximum atomic E-state index is 9.08. The molecule has 0 amide bonds. The predicted molar refractivity (Wildman–Crippen MR) is 88.4 cm³/mol. The summed E-state index contributed by atoms with van der Waals surface area (Å²) in [7, 11) is 1.82. The smallest absolute Gasteiger partial charge is 0.133 e. The number of pyridine rings is 2. The van der Waals surface area contributed by atoms with Gasteiger partial charge in [0.25, 0.3) is 0 Å². The molecule has 5 heteroatoms. The first-order valence-electron chi connectivity index (χ1n) is 6.87. The zero-order valence-electron chi connectivity index (χ0n) is 12.4. The molecule has 0 radical (unpaired) electrons. The topological polar surface area (TPSA) is 87.6 Å². The summed E-state index contributed by atoms with van der Waals surface area (Å²) in [6.07, 6.45) is 1.71. The van der Waals surface area contributed by atoms with Crippen molar-refractivity contribution in [2.24, 2.45) is 0 Å². The molecule has 0 aliphatic carbocycles. The Balaban J connectivity index is 2.26. The van der Waals surface area contributed by atoms with Gasteiger partial charge in [-0.2, -0.15) is 5.26 Å². The van der Waals surface area contributed by atoms with Crippen LogP contribution in [-0.2, 0) is 0 Å². The number of nitrogen functional groups attached to an aromatic ring is 1. The third-order valence-electron chi connectivity index (χ3n) is 3.64. The Morgan fingerprint density at radius 1 is 1.23 bits per heavy atom. The predicted octanol–water partition coefficient (Wildman–Crippen LogP) is 3.10. The van der Waals surface area contributed by atoms with Crippen molar-refractivity contribution in [3.05, 3.63) is 47.7 Å². The number of aromatic nitrogens is 2. The highest BCUT2D eigenvalue weighted by molar-refractivity contribution is 5.94. The van der Waals surface area contributed by atoms with Gasteiger partial charge < -0.3 is 11.1 Å². The molecule has 108 valence electrons. The highest BCUT2D eigenvalue weighted by Gasteiger charge is 2.09. The number of hydrogen-bond donors (Lipinski definition) is 2. The van der Waals surface area contributed by atoms with E-state index in [1.165, 1.54) is 0 Å². The molecule has 5 nitrogen and oxygen atoms in total. The van der Waals surface area contributed by atoms with Crippen molar-refractivity contribution in [1.29, 1.82) is 5.26 Å². The molecule has 2 aromatic heterocycles. The summed E-state index contributed by atoms with van der Waals surface area (Å²) in [5.74, 6) is 1.20. The van der Waals surface area contributed by atoms with Gasteiger partial charge in [-0.05, 0) is 42.1 Å². The highest BCUT2D eigenvalue weighted by atomic mass is 15.0. The Bertz CT molecular complexity index is 909. The van der Waals surface area contributed by atoms with E-state index < -0.39 is 0 Å². The summed E-state index contributed by atoms with van der Waals surface area (Å²) in [4.78, 5) is 8.73. The van der Waals surface area contributed by atoms with Crippen LogP contribution in [0.25, 0.3) is 22.0 Å². The second-order valence-electron chi connectivity index (χ2n) is 5.07. The summed E-state index contributed by atoms with van der Waals surface area (Å²) in [5, 5.41) is 13.9. The summed E-state index contributed by atoms with van der Waals surface area (Å²) >= 11 is 0. The number of benzene rings is 1. The van der Waals surface area contributed by atoms with Gasteiger partial charge >= 0.3 is 0 Å². The van der Waals surface area contributed by atoms with Crippen LogP contribution in [0, 0.1) is 18.3 Å². The van der Waals surface area contributed by atoms with Crippen LogP contribution < -0.4 is 11.1 Å². The summed E-state index contributed by atoms with van der Waals surface area (Å²) in [6.45, 7) is 1.99. The molecule has 22 heavy (non-hydrogen) atoms. The number of nitriles is 1. The van der Waals surface area contributed by atoms with E-state index in [0.717, 1.165) is 33.4 Å². The van der Waals surface area contributed by atoms with Crippen LogP contribution >= 0.6 is 0 Å². The Kier molecular flexibility index (Phi) is 3.36. The molecule has 0 unspecified atom stereocenters. The minimum atomic E-state index is 0.435. The average molecular weight is 289 g/mol. The van der Waals surface area contributed by atoms with Crippen molar-refractivity contribution in [3.8, 4) is 17.3 Å². The number of nitrogens with one attached hydrogen (secondary N) is 1. The van der Waals surface area contributed by atoms with Gasteiger partial charge in [-0.1, -0.05) is 6.07 Å². The second kappa shape index (κ2) is 5.34. The van der Waals surface area contributed by atoms with Crippen molar-refractivity contribution in [2.45, 2.75) is 6.92 Å². The Labute approximate surface area is 128 Å². The fourth-order valence-electron chi connectivity index (χ4n) is 2.42. The van der Waals surface area contributed by atoms with Gasteiger partial charge in [-0.25, -0.2) is 9.97 Å². The average Bonchev–Trinajstić information content (AvgIpc) is 2.54.